The number of methoxy groups -OCH3 is 2. The third kappa shape index (κ3) is 2.25. The van der Waals surface area contributed by atoms with E-state index in [1.807, 2.05) is 18.3 Å². The molecule has 0 spiro atoms. The highest BCUT2D eigenvalue weighted by Crippen LogP contribution is 2.24. The largest absolute Gasteiger partial charge is 0.482 e. The van der Waals surface area contributed by atoms with Crippen LogP contribution in [-0.4, -0.2) is 28.6 Å². The fourth-order valence-electron chi connectivity index (χ4n) is 2.03. The van der Waals surface area contributed by atoms with Gasteiger partial charge >= 0.3 is 0 Å². The Balaban J connectivity index is 2.13. The number of imidazole rings is 1. The molecule has 3 aromatic rings. The molecule has 104 valence electrons. The van der Waals surface area contributed by atoms with Gasteiger partial charge in [-0.15, -0.1) is 0 Å². The summed E-state index contributed by atoms with van der Waals surface area (Å²) in [4.78, 5) is 8.74. The van der Waals surface area contributed by atoms with Crippen LogP contribution in [0.1, 0.15) is 5.56 Å². The molecule has 21 heavy (non-hydrogen) atoms. The van der Waals surface area contributed by atoms with Crippen LogP contribution in [0.4, 0.5) is 0 Å². The Kier molecular flexibility index (Phi) is 3.16. The van der Waals surface area contributed by atoms with E-state index in [0.29, 0.717) is 23.1 Å². The van der Waals surface area contributed by atoms with Crippen LogP contribution in [-0.2, 0) is 0 Å². The zero-order chi connectivity index (χ0) is 14.8. The fraction of sp³-hybridized carbons (Fsp3) is 0.133. The molecule has 6 nitrogen and oxygen atoms in total. The molecule has 6 heteroatoms. The predicted octanol–water partition coefficient (Wildman–Crippen LogP) is 2.29. The standard InChI is InChI=1S/C15H12N4O2/c1-20-13-7-14(21-2)19-9-12(17-15(19)18-13)11-5-3-10(8-16)4-6-11/h3-7,9H,1-2H3. The highest BCUT2D eigenvalue weighted by molar-refractivity contribution is 5.63. The lowest BCUT2D eigenvalue weighted by Gasteiger charge is -2.04. The van der Waals surface area contributed by atoms with Crippen molar-refractivity contribution in [2.24, 2.45) is 0 Å². The van der Waals surface area contributed by atoms with Crippen LogP contribution in [0.5, 0.6) is 11.8 Å². The molecule has 0 saturated carbocycles. The van der Waals surface area contributed by atoms with Crippen molar-refractivity contribution in [1.29, 1.82) is 5.26 Å². The molecule has 0 saturated heterocycles. The van der Waals surface area contributed by atoms with E-state index in [4.69, 9.17) is 14.7 Å². The molecule has 0 bridgehead atoms. The zero-order valence-electron chi connectivity index (χ0n) is 11.6. The van der Waals surface area contributed by atoms with E-state index in [9.17, 15) is 0 Å². The second-order valence-corrected chi connectivity index (χ2v) is 4.33. The molecular formula is C15H12N4O2. The Morgan fingerprint density at radius 2 is 1.86 bits per heavy atom. The number of nitrogens with zero attached hydrogens (tertiary/aromatic N) is 4. The summed E-state index contributed by atoms with van der Waals surface area (Å²) in [6.45, 7) is 0. The smallest absolute Gasteiger partial charge is 0.240 e. The first-order chi connectivity index (χ1) is 10.2. The highest BCUT2D eigenvalue weighted by Gasteiger charge is 2.11. The van der Waals surface area contributed by atoms with Crippen LogP contribution in [0.25, 0.3) is 17.0 Å². The lowest BCUT2D eigenvalue weighted by Crippen LogP contribution is -1.97. The maximum Gasteiger partial charge on any atom is 0.240 e. The number of benzene rings is 1. The zero-order valence-corrected chi connectivity index (χ0v) is 11.6. The Morgan fingerprint density at radius 1 is 1.10 bits per heavy atom. The van der Waals surface area contributed by atoms with Crippen LogP contribution in [0, 0.1) is 11.3 Å². The van der Waals surface area contributed by atoms with E-state index >= 15 is 0 Å². The van der Waals surface area contributed by atoms with E-state index < -0.39 is 0 Å². The summed E-state index contributed by atoms with van der Waals surface area (Å²) >= 11 is 0. The van der Waals surface area contributed by atoms with Gasteiger partial charge in [0.1, 0.15) is 0 Å². The molecule has 2 heterocycles. The molecule has 0 amide bonds. The fourth-order valence-corrected chi connectivity index (χ4v) is 2.03. The van der Waals surface area contributed by atoms with Gasteiger partial charge in [0, 0.05) is 11.8 Å². The monoisotopic (exact) mass is 280 g/mol. The van der Waals surface area contributed by atoms with Gasteiger partial charge in [-0.2, -0.15) is 10.2 Å². The second-order valence-electron chi connectivity index (χ2n) is 4.33. The summed E-state index contributed by atoms with van der Waals surface area (Å²) in [5, 5.41) is 8.83. The molecule has 0 unspecified atom stereocenters. The number of nitriles is 1. The summed E-state index contributed by atoms with van der Waals surface area (Å²) in [5.74, 6) is 1.52. The average Bonchev–Trinajstić information content (AvgIpc) is 2.97. The van der Waals surface area contributed by atoms with Gasteiger partial charge in [-0.05, 0) is 12.1 Å². The maximum absolute atomic E-state index is 8.83. The summed E-state index contributed by atoms with van der Waals surface area (Å²) in [6.07, 6.45) is 1.84. The molecule has 0 aliphatic carbocycles. The van der Waals surface area contributed by atoms with Gasteiger partial charge in [-0.25, -0.2) is 4.98 Å². The van der Waals surface area contributed by atoms with Gasteiger partial charge in [0.05, 0.1) is 37.6 Å². The third-order valence-electron chi connectivity index (χ3n) is 3.11. The maximum atomic E-state index is 8.83. The van der Waals surface area contributed by atoms with E-state index in [-0.39, 0.29) is 0 Å². The van der Waals surface area contributed by atoms with Crippen molar-refractivity contribution in [2.45, 2.75) is 0 Å². The molecule has 0 radical (unpaired) electrons. The summed E-state index contributed by atoms with van der Waals surface area (Å²) in [7, 11) is 3.12. The van der Waals surface area contributed by atoms with Gasteiger partial charge < -0.3 is 9.47 Å². The minimum Gasteiger partial charge on any atom is -0.482 e. The molecule has 0 aliphatic heterocycles. The normalized spacial score (nSPS) is 10.3. The molecule has 3 rings (SSSR count). The van der Waals surface area contributed by atoms with Crippen molar-refractivity contribution in [3.8, 4) is 29.1 Å². The SMILES string of the molecule is COc1cc(OC)n2cc(-c3ccc(C#N)cc3)nc2n1. The van der Waals surface area contributed by atoms with E-state index in [0.717, 1.165) is 11.3 Å². The van der Waals surface area contributed by atoms with Crippen molar-refractivity contribution in [3.63, 3.8) is 0 Å². The Labute approximate surface area is 121 Å². The topological polar surface area (TPSA) is 72.4 Å². The molecular weight excluding hydrogens is 268 g/mol. The number of ether oxygens (including phenoxy) is 2. The quantitative estimate of drug-likeness (QED) is 0.736. The number of rotatable bonds is 3. The van der Waals surface area contributed by atoms with Crippen molar-refractivity contribution in [3.05, 3.63) is 42.1 Å². The molecule has 0 atom stereocenters. The molecule has 0 fully saturated rings. The molecule has 0 N–H and O–H groups in total. The minimum atomic E-state index is 0.441. The Hall–Kier alpha value is -3.07. The van der Waals surface area contributed by atoms with Gasteiger partial charge in [-0.1, -0.05) is 12.1 Å². The number of hydrogen-bond donors (Lipinski definition) is 0. The van der Waals surface area contributed by atoms with E-state index in [1.54, 1.807) is 36.8 Å². The minimum absolute atomic E-state index is 0.441. The molecule has 0 aliphatic rings. The van der Waals surface area contributed by atoms with Gasteiger partial charge in [-0.3, -0.25) is 4.40 Å². The summed E-state index contributed by atoms with van der Waals surface area (Å²) in [6, 6.07) is 11.0. The van der Waals surface area contributed by atoms with Crippen molar-refractivity contribution < 1.29 is 9.47 Å². The number of aromatic nitrogens is 3. The first-order valence-electron chi connectivity index (χ1n) is 6.24. The first-order valence-corrected chi connectivity index (χ1v) is 6.24. The van der Waals surface area contributed by atoms with Crippen molar-refractivity contribution in [2.75, 3.05) is 14.2 Å². The van der Waals surface area contributed by atoms with Gasteiger partial charge in [0.25, 0.3) is 0 Å². The molecule has 2 aromatic heterocycles. The Bertz CT molecular complexity index is 831. The summed E-state index contributed by atoms with van der Waals surface area (Å²) in [5.41, 5.74) is 2.26. The molecule has 1 aromatic carbocycles. The second kappa shape index (κ2) is 5.13. The Morgan fingerprint density at radius 3 is 2.48 bits per heavy atom. The van der Waals surface area contributed by atoms with Crippen LogP contribution in [0.2, 0.25) is 0 Å². The number of hydrogen-bond acceptors (Lipinski definition) is 5. The summed E-state index contributed by atoms with van der Waals surface area (Å²) < 4.78 is 12.2. The highest BCUT2D eigenvalue weighted by atomic mass is 16.5. The lowest BCUT2D eigenvalue weighted by molar-refractivity contribution is 0.369. The van der Waals surface area contributed by atoms with Crippen LogP contribution < -0.4 is 9.47 Å². The van der Waals surface area contributed by atoms with Crippen LogP contribution in [0.3, 0.4) is 0 Å². The average molecular weight is 280 g/mol. The van der Waals surface area contributed by atoms with Crippen molar-refractivity contribution >= 4 is 5.78 Å². The van der Waals surface area contributed by atoms with E-state index in [1.165, 1.54) is 0 Å². The number of fused-ring (bicyclic) bond motifs is 1. The van der Waals surface area contributed by atoms with Crippen LogP contribution in [0.15, 0.2) is 36.5 Å². The van der Waals surface area contributed by atoms with Crippen molar-refractivity contribution in [1.82, 2.24) is 14.4 Å². The van der Waals surface area contributed by atoms with Crippen LogP contribution >= 0.6 is 0 Å². The van der Waals surface area contributed by atoms with Gasteiger partial charge in [0.15, 0.2) is 0 Å². The van der Waals surface area contributed by atoms with Gasteiger partial charge in [0.2, 0.25) is 17.5 Å². The first kappa shape index (κ1) is 12.9. The third-order valence-corrected chi connectivity index (χ3v) is 3.11. The predicted molar refractivity (Wildman–Crippen MR) is 76.2 cm³/mol. The van der Waals surface area contributed by atoms with E-state index in [2.05, 4.69) is 16.0 Å². The lowest BCUT2D eigenvalue weighted by atomic mass is 10.1.